The summed E-state index contributed by atoms with van der Waals surface area (Å²) in [6.45, 7) is 4.84. The Morgan fingerprint density at radius 3 is 2.38 bits per heavy atom. The number of amides is 1. The minimum Gasteiger partial charge on any atom is -0.357 e. The topological polar surface area (TPSA) is 71.0 Å². The Labute approximate surface area is 171 Å². The van der Waals surface area contributed by atoms with Gasteiger partial charge in [0.15, 0.2) is 5.82 Å². The molecule has 1 saturated heterocycles. The van der Waals surface area contributed by atoms with E-state index in [0.717, 1.165) is 36.0 Å². The molecule has 4 rings (SSSR count). The first-order valence-corrected chi connectivity index (χ1v) is 10.0. The fourth-order valence-corrected chi connectivity index (χ4v) is 3.41. The summed E-state index contributed by atoms with van der Waals surface area (Å²) in [5, 5.41) is 2.91. The molecule has 0 unspecified atom stereocenters. The van der Waals surface area contributed by atoms with E-state index in [9.17, 15) is 4.79 Å². The number of pyridine rings is 1. The van der Waals surface area contributed by atoms with E-state index in [-0.39, 0.29) is 5.91 Å². The van der Waals surface area contributed by atoms with Gasteiger partial charge in [0.05, 0.1) is 5.56 Å². The molecule has 6 heteroatoms. The van der Waals surface area contributed by atoms with Crippen molar-refractivity contribution in [1.82, 2.24) is 20.3 Å². The highest BCUT2D eigenvalue weighted by atomic mass is 16.1. The molecule has 1 N–H and O–H groups in total. The van der Waals surface area contributed by atoms with Crippen molar-refractivity contribution in [2.24, 2.45) is 5.92 Å². The van der Waals surface area contributed by atoms with Gasteiger partial charge in [0.2, 0.25) is 0 Å². The molecule has 0 spiro atoms. The second-order valence-electron chi connectivity index (χ2n) is 7.54. The van der Waals surface area contributed by atoms with Crippen molar-refractivity contribution in [3.05, 3.63) is 72.2 Å². The molecule has 3 aromatic rings. The van der Waals surface area contributed by atoms with E-state index in [1.165, 1.54) is 12.8 Å². The number of carbonyl (C=O) groups excluding carboxylic acids is 1. The Morgan fingerprint density at radius 1 is 1.00 bits per heavy atom. The van der Waals surface area contributed by atoms with Crippen molar-refractivity contribution in [2.75, 3.05) is 18.0 Å². The number of hydrogen-bond acceptors (Lipinski definition) is 5. The first-order valence-electron chi connectivity index (χ1n) is 10.0. The van der Waals surface area contributed by atoms with Crippen molar-refractivity contribution in [3.63, 3.8) is 0 Å². The second kappa shape index (κ2) is 8.82. The quantitative estimate of drug-likeness (QED) is 0.723. The lowest BCUT2D eigenvalue weighted by molar-refractivity contribution is 0.0950. The van der Waals surface area contributed by atoms with E-state index in [1.54, 1.807) is 12.4 Å². The highest BCUT2D eigenvalue weighted by Gasteiger charge is 2.16. The molecule has 6 nitrogen and oxygen atoms in total. The molecule has 1 amide bonds. The maximum absolute atomic E-state index is 12.4. The van der Waals surface area contributed by atoms with Crippen LogP contribution in [-0.4, -0.2) is 33.9 Å². The molecule has 2 aromatic heterocycles. The van der Waals surface area contributed by atoms with Gasteiger partial charge in [-0.3, -0.25) is 4.79 Å². The van der Waals surface area contributed by atoms with Gasteiger partial charge in [-0.1, -0.05) is 43.3 Å². The van der Waals surface area contributed by atoms with E-state index in [0.29, 0.717) is 17.9 Å². The van der Waals surface area contributed by atoms with Crippen LogP contribution >= 0.6 is 0 Å². The van der Waals surface area contributed by atoms with Crippen LogP contribution in [0.3, 0.4) is 0 Å². The Hall–Kier alpha value is -3.28. The smallest absolute Gasteiger partial charge is 0.254 e. The number of anilines is 1. The van der Waals surface area contributed by atoms with Crippen LogP contribution < -0.4 is 10.2 Å². The summed E-state index contributed by atoms with van der Waals surface area (Å²) in [6, 6.07) is 13.8. The fourth-order valence-electron chi connectivity index (χ4n) is 3.41. The summed E-state index contributed by atoms with van der Waals surface area (Å²) in [4.78, 5) is 27.9. The van der Waals surface area contributed by atoms with Crippen LogP contribution in [-0.2, 0) is 6.54 Å². The van der Waals surface area contributed by atoms with Gasteiger partial charge in [-0.2, -0.15) is 0 Å². The van der Waals surface area contributed by atoms with Gasteiger partial charge >= 0.3 is 0 Å². The lowest BCUT2D eigenvalue weighted by Gasteiger charge is -2.31. The minimum absolute atomic E-state index is 0.196. The third kappa shape index (κ3) is 4.77. The SMILES string of the molecule is CC1CCN(c2ccc(CNC(=O)c3cnc(-c4ccccc4)nc3)cn2)CC1. The summed E-state index contributed by atoms with van der Waals surface area (Å²) in [5.74, 6) is 2.22. The highest BCUT2D eigenvalue weighted by Crippen LogP contribution is 2.21. The van der Waals surface area contributed by atoms with E-state index in [4.69, 9.17) is 0 Å². The molecule has 0 radical (unpaired) electrons. The van der Waals surface area contributed by atoms with E-state index < -0.39 is 0 Å². The first kappa shape index (κ1) is 19.1. The third-order valence-electron chi connectivity index (χ3n) is 5.32. The zero-order valence-electron chi connectivity index (χ0n) is 16.6. The van der Waals surface area contributed by atoms with Crippen LogP contribution in [0.1, 0.15) is 35.7 Å². The normalized spacial score (nSPS) is 14.6. The van der Waals surface area contributed by atoms with Crippen LogP contribution in [0.2, 0.25) is 0 Å². The van der Waals surface area contributed by atoms with E-state index >= 15 is 0 Å². The predicted octanol–water partition coefficient (Wildman–Crippen LogP) is 3.70. The molecule has 3 heterocycles. The number of nitrogens with one attached hydrogen (secondary N) is 1. The standard InChI is InChI=1S/C23H25N5O/c1-17-9-11-28(12-10-17)21-8-7-18(13-24-21)14-27-23(29)20-15-25-22(26-16-20)19-5-3-2-4-6-19/h2-8,13,15-17H,9-12,14H2,1H3,(H,27,29). The largest absolute Gasteiger partial charge is 0.357 e. The number of hydrogen-bond donors (Lipinski definition) is 1. The summed E-state index contributed by atoms with van der Waals surface area (Å²) in [7, 11) is 0. The van der Waals surface area contributed by atoms with Crippen molar-refractivity contribution < 1.29 is 4.79 Å². The fraction of sp³-hybridized carbons (Fsp3) is 0.304. The molecule has 148 valence electrons. The lowest BCUT2D eigenvalue weighted by Crippen LogP contribution is -2.33. The van der Waals surface area contributed by atoms with Crippen LogP contribution in [0.25, 0.3) is 11.4 Å². The van der Waals surface area contributed by atoms with Crippen LogP contribution in [0, 0.1) is 5.92 Å². The van der Waals surface area contributed by atoms with Gasteiger partial charge in [-0.25, -0.2) is 15.0 Å². The Kier molecular flexibility index (Phi) is 5.79. The average molecular weight is 387 g/mol. The molecular formula is C23H25N5O. The number of nitrogens with zero attached hydrogens (tertiary/aromatic N) is 4. The van der Waals surface area contributed by atoms with Gasteiger partial charge in [0.1, 0.15) is 5.82 Å². The zero-order valence-corrected chi connectivity index (χ0v) is 16.6. The summed E-state index contributed by atoms with van der Waals surface area (Å²) in [6.07, 6.45) is 7.38. The Bertz CT molecular complexity index is 933. The van der Waals surface area contributed by atoms with Crippen molar-refractivity contribution in [2.45, 2.75) is 26.3 Å². The van der Waals surface area contributed by atoms with Crippen molar-refractivity contribution in [3.8, 4) is 11.4 Å². The Morgan fingerprint density at radius 2 is 1.72 bits per heavy atom. The van der Waals surface area contributed by atoms with Gasteiger partial charge in [0, 0.05) is 43.8 Å². The van der Waals surface area contributed by atoms with Crippen LogP contribution in [0.4, 0.5) is 5.82 Å². The van der Waals surface area contributed by atoms with Gasteiger partial charge in [-0.15, -0.1) is 0 Å². The third-order valence-corrected chi connectivity index (χ3v) is 5.32. The minimum atomic E-state index is -0.196. The van der Waals surface area contributed by atoms with Crippen molar-refractivity contribution in [1.29, 1.82) is 0 Å². The Balaban J connectivity index is 1.32. The predicted molar refractivity (Wildman–Crippen MR) is 113 cm³/mol. The van der Waals surface area contributed by atoms with Crippen LogP contribution in [0.5, 0.6) is 0 Å². The second-order valence-corrected chi connectivity index (χ2v) is 7.54. The zero-order chi connectivity index (χ0) is 20.1. The van der Waals surface area contributed by atoms with E-state index in [2.05, 4.69) is 32.1 Å². The number of aromatic nitrogens is 3. The monoisotopic (exact) mass is 387 g/mol. The molecule has 0 aliphatic carbocycles. The van der Waals surface area contributed by atoms with Gasteiger partial charge < -0.3 is 10.2 Å². The lowest BCUT2D eigenvalue weighted by atomic mass is 9.99. The summed E-state index contributed by atoms with van der Waals surface area (Å²) >= 11 is 0. The number of rotatable bonds is 5. The van der Waals surface area contributed by atoms with Gasteiger partial charge in [0.25, 0.3) is 5.91 Å². The van der Waals surface area contributed by atoms with E-state index in [1.807, 2.05) is 48.7 Å². The number of carbonyl (C=O) groups is 1. The molecule has 0 saturated carbocycles. The van der Waals surface area contributed by atoms with Crippen LogP contribution in [0.15, 0.2) is 61.1 Å². The highest BCUT2D eigenvalue weighted by molar-refractivity contribution is 5.93. The van der Waals surface area contributed by atoms with Crippen molar-refractivity contribution >= 4 is 11.7 Å². The molecule has 1 fully saturated rings. The molecule has 1 aromatic carbocycles. The molecule has 0 atom stereocenters. The molecule has 0 bridgehead atoms. The molecule has 1 aliphatic rings. The maximum Gasteiger partial charge on any atom is 0.254 e. The summed E-state index contributed by atoms with van der Waals surface area (Å²) in [5.41, 5.74) is 2.33. The average Bonchev–Trinajstić information content (AvgIpc) is 2.79. The molecular weight excluding hydrogens is 362 g/mol. The maximum atomic E-state index is 12.4. The molecule has 1 aliphatic heterocycles. The number of benzene rings is 1. The number of piperidine rings is 1. The summed E-state index contributed by atoms with van der Waals surface area (Å²) < 4.78 is 0. The molecule has 29 heavy (non-hydrogen) atoms. The van der Waals surface area contributed by atoms with Gasteiger partial charge in [-0.05, 0) is 30.4 Å². The first-order chi connectivity index (χ1) is 14.2.